The Hall–Kier alpha value is -1.61. The zero-order chi connectivity index (χ0) is 13.1. The molecule has 0 aliphatic carbocycles. The van der Waals surface area contributed by atoms with Crippen molar-refractivity contribution in [1.82, 2.24) is 10.3 Å². The maximum atomic E-state index is 4.38. The summed E-state index contributed by atoms with van der Waals surface area (Å²) in [5.74, 6) is 0. The maximum Gasteiger partial charge on any atom is 0.0703 e. The fourth-order valence-electron chi connectivity index (χ4n) is 2.70. The number of nitrogens with one attached hydrogen (secondary N) is 1. The molecule has 19 heavy (non-hydrogen) atoms. The van der Waals surface area contributed by atoms with Crippen LogP contribution in [-0.4, -0.2) is 30.7 Å². The lowest BCUT2D eigenvalue weighted by molar-refractivity contribution is 0.475. The second-order valence-corrected chi connectivity index (χ2v) is 5.36. The van der Waals surface area contributed by atoms with E-state index in [2.05, 4.69) is 46.4 Å². The van der Waals surface area contributed by atoms with E-state index in [9.17, 15) is 0 Å². The van der Waals surface area contributed by atoms with Gasteiger partial charge in [0.25, 0.3) is 0 Å². The summed E-state index contributed by atoms with van der Waals surface area (Å²) in [6.45, 7) is 5.64. The average Bonchev–Trinajstić information content (AvgIpc) is 2.43. The lowest BCUT2D eigenvalue weighted by Gasteiger charge is -2.29. The highest BCUT2D eigenvalue weighted by atomic mass is 15.1. The molecule has 1 aliphatic rings. The standard InChI is InChI=1S/C16H21N3/c1-13-7-11-19(10-3-9-17-13)15-5-6-16-14(12-15)4-2-8-18-16/h2,4-6,8,12-13,17H,3,7,9-11H2,1H3. The first-order chi connectivity index (χ1) is 9.33. The molecule has 1 unspecified atom stereocenters. The molecule has 1 aromatic heterocycles. The number of hydrogen-bond acceptors (Lipinski definition) is 3. The summed E-state index contributed by atoms with van der Waals surface area (Å²) in [6, 6.07) is 11.4. The molecule has 0 radical (unpaired) electrons. The number of benzene rings is 1. The number of pyridine rings is 1. The third-order valence-corrected chi connectivity index (χ3v) is 3.88. The van der Waals surface area contributed by atoms with Crippen LogP contribution in [-0.2, 0) is 0 Å². The highest BCUT2D eigenvalue weighted by Gasteiger charge is 2.12. The van der Waals surface area contributed by atoms with Crippen LogP contribution in [0.1, 0.15) is 19.8 Å². The summed E-state index contributed by atoms with van der Waals surface area (Å²) in [7, 11) is 0. The molecule has 3 heteroatoms. The van der Waals surface area contributed by atoms with E-state index in [1.807, 2.05) is 12.3 Å². The second kappa shape index (κ2) is 5.57. The monoisotopic (exact) mass is 255 g/mol. The van der Waals surface area contributed by atoms with E-state index >= 15 is 0 Å². The van der Waals surface area contributed by atoms with Gasteiger partial charge in [0.05, 0.1) is 5.52 Å². The molecule has 2 aromatic rings. The molecule has 3 rings (SSSR count). The van der Waals surface area contributed by atoms with E-state index in [-0.39, 0.29) is 0 Å². The van der Waals surface area contributed by atoms with E-state index in [1.165, 1.54) is 23.9 Å². The van der Waals surface area contributed by atoms with Crippen LogP contribution in [0, 0.1) is 0 Å². The summed E-state index contributed by atoms with van der Waals surface area (Å²) in [5.41, 5.74) is 2.41. The van der Waals surface area contributed by atoms with Gasteiger partial charge in [-0.25, -0.2) is 0 Å². The van der Waals surface area contributed by atoms with Crippen LogP contribution in [0.4, 0.5) is 5.69 Å². The molecule has 1 N–H and O–H groups in total. The Morgan fingerprint density at radius 1 is 1.26 bits per heavy atom. The average molecular weight is 255 g/mol. The first-order valence-corrected chi connectivity index (χ1v) is 7.16. The third kappa shape index (κ3) is 2.87. The topological polar surface area (TPSA) is 28.2 Å². The van der Waals surface area contributed by atoms with Gasteiger partial charge in [-0.1, -0.05) is 6.07 Å². The van der Waals surface area contributed by atoms with Crippen molar-refractivity contribution in [2.75, 3.05) is 24.5 Å². The summed E-state index contributed by atoms with van der Waals surface area (Å²) in [6.07, 6.45) is 4.26. The van der Waals surface area contributed by atoms with Crippen LogP contribution in [0.5, 0.6) is 0 Å². The quantitative estimate of drug-likeness (QED) is 0.849. The number of anilines is 1. The highest BCUT2D eigenvalue weighted by Crippen LogP contribution is 2.22. The number of aromatic nitrogens is 1. The zero-order valence-electron chi connectivity index (χ0n) is 11.5. The van der Waals surface area contributed by atoms with E-state index in [1.54, 1.807) is 0 Å². The van der Waals surface area contributed by atoms with Gasteiger partial charge in [-0.15, -0.1) is 0 Å². The van der Waals surface area contributed by atoms with Gasteiger partial charge in [0.1, 0.15) is 0 Å². The van der Waals surface area contributed by atoms with Crippen molar-refractivity contribution < 1.29 is 0 Å². The fourth-order valence-corrected chi connectivity index (χ4v) is 2.70. The SMILES string of the molecule is CC1CCN(c2ccc3ncccc3c2)CCCN1. The Bertz CT molecular complexity index is 552. The smallest absolute Gasteiger partial charge is 0.0703 e. The van der Waals surface area contributed by atoms with Crippen molar-refractivity contribution in [3.63, 3.8) is 0 Å². The molecule has 0 bridgehead atoms. The van der Waals surface area contributed by atoms with Gasteiger partial charge in [0.15, 0.2) is 0 Å². The molecule has 2 heterocycles. The fraction of sp³-hybridized carbons (Fsp3) is 0.438. The normalized spacial score (nSPS) is 21.1. The maximum absolute atomic E-state index is 4.38. The lowest BCUT2D eigenvalue weighted by Crippen LogP contribution is -2.38. The van der Waals surface area contributed by atoms with Crippen molar-refractivity contribution in [1.29, 1.82) is 0 Å². The Morgan fingerprint density at radius 3 is 3.16 bits per heavy atom. The van der Waals surface area contributed by atoms with Gasteiger partial charge >= 0.3 is 0 Å². The third-order valence-electron chi connectivity index (χ3n) is 3.88. The number of fused-ring (bicyclic) bond motifs is 1. The van der Waals surface area contributed by atoms with Crippen LogP contribution in [0.15, 0.2) is 36.5 Å². The van der Waals surface area contributed by atoms with Gasteiger partial charge in [-0.05, 0) is 50.6 Å². The molecular weight excluding hydrogens is 234 g/mol. The van der Waals surface area contributed by atoms with Gasteiger partial charge in [-0.3, -0.25) is 4.98 Å². The van der Waals surface area contributed by atoms with Gasteiger partial charge in [0.2, 0.25) is 0 Å². The van der Waals surface area contributed by atoms with Gasteiger partial charge in [-0.2, -0.15) is 0 Å². The molecule has 1 aliphatic heterocycles. The Labute approximate surface area is 114 Å². The van der Waals surface area contributed by atoms with Crippen molar-refractivity contribution >= 4 is 16.6 Å². The predicted molar refractivity (Wildman–Crippen MR) is 80.7 cm³/mol. The lowest BCUT2D eigenvalue weighted by atomic mass is 10.1. The van der Waals surface area contributed by atoms with Crippen LogP contribution >= 0.6 is 0 Å². The largest absolute Gasteiger partial charge is 0.371 e. The second-order valence-electron chi connectivity index (χ2n) is 5.36. The van der Waals surface area contributed by atoms with Crippen LogP contribution in [0.25, 0.3) is 10.9 Å². The minimum Gasteiger partial charge on any atom is -0.371 e. The van der Waals surface area contributed by atoms with Gasteiger partial charge in [0, 0.05) is 36.4 Å². The van der Waals surface area contributed by atoms with Crippen LogP contribution in [0.3, 0.4) is 0 Å². The number of rotatable bonds is 1. The molecule has 0 spiro atoms. The number of hydrogen-bond donors (Lipinski definition) is 1. The summed E-state index contributed by atoms with van der Waals surface area (Å²) in [5, 5.41) is 4.78. The van der Waals surface area contributed by atoms with Crippen molar-refractivity contribution in [2.24, 2.45) is 0 Å². The van der Waals surface area contributed by atoms with Gasteiger partial charge < -0.3 is 10.2 Å². The highest BCUT2D eigenvalue weighted by molar-refractivity contribution is 5.82. The first-order valence-electron chi connectivity index (χ1n) is 7.16. The molecule has 100 valence electrons. The predicted octanol–water partition coefficient (Wildman–Crippen LogP) is 2.81. The summed E-state index contributed by atoms with van der Waals surface area (Å²) < 4.78 is 0. The molecular formula is C16H21N3. The molecule has 1 fully saturated rings. The van der Waals surface area contributed by atoms with E-state index < -0.39 is 0 Å². The van der Waals surface area contributed by atoms with Crippen molar-refractivity contribution in [3.05, 3.63) is 36.5 Å². The minimum atomic E-state index is 0.616. The van der Waals surface area contributed by atoms with Crippen molar-refractivity contribution in [3.8, 4) is 0 Å². The number of nitrogens with zero attached hydrogens (tertiary/aromatic N) is 2. The van der Waals surface area contributed by atoms with Crippen molar-refractivity contribution in [2.45, 2.75) is 25.8 Å². The minimum absolute atomic E-state index is 0.616. The molecule has 3 nitrogen and oxygen atoms in total. The first kappa shape index (κ1) is 12.4. The summed E-state index contributed by atoms with van der Waals surface area (Å²) >= 11 is 0. The van der Waals surface area contributed by atoms with E-state index in [0.29, 0.717) is 6.04 Å². The molecule has 1 saturated heterocycles. The summed E-state index contributed by atoms with van der Waals surface area (Å²) in [4.78, 5) is 6.89. The molecule has 1 aromatic carbocycles. The van der Waals surface area contributed by atoms with Crippen LogP contribution < -0.4 is 10.2 Å². The molecule has 0 amide bonds. The van der Waals surface area contributed by atoms with Crippen LogP contribution in [0.2, 0.25) is 0 Å². The van der Waals surface area contributed by atoms with E-state index in [0.717, 1.165) is 25.2 Å². The van der Waals surface area contributed by atoms with E-state index in [4.69, 9.17) is 0 Å². The Kier molecular flexibility index (Phi) is 3.65. The molecule has 0 saturated carbocycles. The Balaban J connectivity index is 1.85. The zero-order valence-corrected chi connectivity index (χ0v) is 11.5. The molecule has 1 atom stereocenters. The Morgan fingerprint density at radius 2 is 2.21 bits per heavy atom.